The normalized spacial score (nSPS) is 9.86. The van der Waals surface area contributed by atoms with Crippen LogP contribution in [0.5, 0.6) is 11.5 Å². The number of carbonyl (C=O) groups excluding carboxylic acids is 1. The Morgan fingerprint density at radius 1 is 1.07 bits per heavy atom. The van der Waals surface area contributed by atoms with Crippen LogP contribution in [-0.2, 0) is 0 Å². The molecule has 3 rings (SSSR count). The molecular formula is C19H21ClN6O3. The highest BCUT2D eigenvalue weighted by atomic mass is 35.5. The number of ether oxygens (including phenoxy) is 2. The number of guanidine groups is 1. The van der Waals surface area contributed by atoms with Crippen molar-refractivity contribution in [3.05, 3.63) is 54.2 Å². The summed E-state index contributed by atoms with van der Waals surface area (Å²) >= 11 is 0. The lowest BCUT2D eigenvalue weighted by Gasteiger charge is -2.10. The van der Waals surface area contributed by atoms with Crippen LogP contribution >= 0.6 is 12.4 Å². The quantitative estimate of drug-likeness (QED) is 0.359. The van der Waals surface area contributed by atoms with Gasteiger partial charge in [-0.15, -0.1) is 12.4 Å². The van der Waals surface area contributed by atoms with E-state index >= 15 is 0 Å². The Bertz CT molecular complexity index is 1010. The second-order valence-corrected chi connectivity index (χ2v) is 5.77. The van der Waals surface area contributed by atoms with E-state index < -0.39 is 0 Å². The summed E-state index contributed by atoms with van der Waals surface area (Å²) in [5.41, 5.74) is 13.6. The number of methoxy groups -OCH3 is 2. The van der Waals surface area contributed by atoms with Gasteiger partial charge in [0.05, 0.1) is 31.3 Å². The van der Waals surface area contributed by atoms with Crippen molar-refractivity contribution in [2.75, 3.05) is 19.5 Å². The Labute approximate surface area is 173 Å². The molecular weight excluding hydrogens is 396 g/mol. The summed E-state index contributed by atoms with van der Waals surface area (Å²) in [6.07, 6.45) is 0. The van der Waals surface area contributed by atoms with Crippen molar-refractivity contribution in [1.29, 1.82) is 0 Å². The maximum Gasteiger partial charge on any atom is 0.273 e. The summed E-state index contributed by atoms with van der Waals surface area (Å²) in [7, 11) is 3.08. The number of amides is 1. The first-order valence-corrected chi connectivity index (χ1v) is 8.29. The van der Waals surface area contributed by atoms with Crippen LogP contribution in [0, 0.1) is 0 Å². The lowest BCUT2D eigenvalue weighted by molar-refractivity contribution is 0.102. The molecule has 3 aromatic rings. The summed E-state index contributed by atoms with van der Waals surface area (Å²) in [4.78, 5) is 16.5. The first kappa shape index (κ1) is 21.6. The monoisotopic (exact) mass is 416 g/mol. The number of anilines is 1. The van der Waals surface area contributed by atoms with Crippen molar-refractivity contribution in [2.24, 2.45) is 16.5 Å². The molecule has 152 valence electrons. The molecule has 0 spiro atoms. The van der Waals surface area contributed by atoms with E-state index in [-0.39, 0.29) is 24.3 Å². The summed E-state index contributed by atoms with van der Waals surface area (Å²) < 4.78 is 10.4. The summed E-state index contributed by atoms with van der Waals surface area (Å²) in [6, 6.07) is 13.9. The third-order valence-electron chi connectivity index (χ3n) is 3.90. The first-order chi connectivity index (χ1) is 13.5. The minimum atomic E-state index is -0.348. The Morgan fingerprint density at radius 2 is 1.79 bits per heavy atom. The number of nitrogens with two attached hydrogens (primary N) is 2. The zero-order chi connectivity index (χ0) is 20.1. The summed E-state index contributed by atoms with van der Waals surface area (Å²) in [6.45, 7) is 0. The van der Waals surface area contributed by atoms with Crippen molar-refractivity contribution in [3.8, 4) is 22.8 Å². The molecule has 2 aromatic carbocycles. The number of nitrogens with zero attached hydrogens (tertiary/aromatic N) is 2. The maximum absolute atomic E-state index is 12.5. The zero-order valence-corrected chi connectivity index (χ0v) is 16.6. The van der Waals surface area contributed by atoms with Crippen molar-refractivity contribution in [1.82, 2.24) is 10.2 Å². The SMILES string of the molecule is COc1ccc(NC(=O)c2cc(-c3ccc(N=C(N)N)cc3)n[nH]2)c(OC)c1.Cl. The molecule has 1 amide bonds. The van der Waals surface area contributed by atoms with E-state index in [0.29, 0.717) is 34.3 Å². The zero-order valence-electron chi connectivity index (χ0n) is 15.8. The van der Waals surface area contributed by atoms with E-state index in [4.69, 9.17) is 20.9 Å². The van der Waals surface area contributed by atoms with E-state index in [9.17, 15) is 4.79 Å². The number of benzene rings is 2. The molecule has 0 radical (unpaired) electrons. The minimum Gasteiger partial charge on any atom is -0.497 e. The molecule has 0 saturated heterocycles. The summed E-state index contributed by atoms with van der Waals surface area (Å²) in [5.74, 6) is 0.755. The fraction of sp³-hybridized carbons (Fsp3) is 0.105. The van der Waals surface area contributed by atoms with Gasteiger partial charge < -0.3 is 26.3 Å². The molecule has 9 nitrogen and oxygen atoms in total. The predicted octanol–water partition coefficient (Wildman–Crippen LogP) is 2.67. The Hall–Kier alpha value is -3.72. The molecule has 6 N–H and O–H groups in total. The van der Waals surface area contributed by atoms with Gasteiger partial charge in [-0.3, -0.25) is 9.89 Å². The third-order valence-corrected chi connectivity index (χ3v) is 3.90. The van der Waals surface area contributed by atoms with Gasteiger partial charge in [-0.2, -0.15) is 5.10 Å². The van der Waals surface area contributed by atoms with Crippen LogP contribution in [0.1, 0.15) is 10.5 Å². The van der Waals surface area contributed by atoms with Crippen molar-refractivity contribution >= 4 is 35.6 Å². The molecule has 0 unspecified atom stereocenters. The van der Waals surface area contributed by atoms with Crippen LogP contribution in [0.4, 0.5) is 11.4 Å². The number of rotatable bonds is 6. The predicted molar refractivity (Wildman–Crippen MR) is 114 cm³/mol. The Kier molecular flexibility index (Phi) is 7.05. The lowest BCUT2D eigenvalue weighted by atomic mass is 10.1. The third kappa shape index (κ3) is 5.17. The number of hydrogen-bond acceptors (Lipinski definition) is 5. The number of H-pyrrole nitrogens is 1. The van der Waals surface area contributed by atoms with E-state index in [0.717, 1.165) is 5.56 Å². The van der Waals surface area contributed by atoms with Gasteiger partial charge in [0.2, 0.25) is 0 Å². The average Bonchev–Trinajstić information content (AvgIpc) is 3.18. The van der Waals surface area contributed by atoms with Gasteiger partial charge in [-0.1, -0.05) is 12.1 Å². The van der Waals surface area contributed by atoms with E-state index in [2.05, 4.69) is 20.5 Å². The first-order valence-electron chi connectivity index (χ1n) is 8.29. The Balaban J connectivity index is 0.00000300. The van der Waals surface area contributed by atoms with Crippen LogP contribution < -0.4 is 26.3 Å². The number of nitrogens with one attached hydrogen (secondary N) is 2. The molecule has 0 bridgehead atoms. The minimum absolute atomic E-state index is 0. The average molecular weight is 417 g/mol. The maximum atomic E-state index is 12.5. The molecule has 0 saturated carbocycles. The van der Waals surface area contributed by atoms with E-state index in [1.807, 2.05) is 12.1 Å². The fourth-order valence-electron chi connectivity index (χ4n) is 2.53. The molecule has 10 heteroatoms. The van der Waals surface area contributed by atoms with Crippen LogP contribution in [0.25, 0.3) is 11.3 Å². The molecule has 0 aliphatic rings. The van der Waals surface area contributed by atoms with Crippen LogP contribution in [0.2, 0.25) is 0 Å². The molecule has 0 atom stereocenters. The highest BCUT2D eigenvalue weighted by molar-refractivity contribution is 6.04. The molecule has 0 aliphatic heterocycles. The van der Waals surface area contributed by atoms with Gasteiger partial charge in [0.25, 0.3) is 5.91 Å². The van der Waals surface area contributed by atoms with Gasteiger partial charge in [0, 0.05) is 11.6 Å². The lowest BCUT2D eigenvalue weighted by Crippen LogP contribution is -2.21. The molecule has 1 heterocycles. The Morgan fingerprint density at radius 3 is 2.41 bits per heavy atom. The number of aliphatic imine (C=N–C) groups is 1. The molecule has 0 aliphatic carbocycles. The van der Waals surface area contributed by atoms with Gasteiger partial charge in [0.1, 0.15) is 17.2 Å². The van der Waals surface area contributed by atoms with Crippen molar-refractivity contribution in [3.63, 3.8) is 0 Å². The number of aromatic amines is 1. The van der Waals surface area contributed by atoms with Gasteiger partial charge in [-0.05, 0) is 30.3 Å². The van der Waals surface area contributed by atoms with Crippen molar-refractivity contribution in [2.45, 2.75) is 0 Å². The highest BCUT2D eigenvalue weighted by Gasteiger charge is 2.14. The number of carbonyl (C=O) groups is 1. The topological polar surface area (TPSA) is 141 Å². The number of hydrogen-bond donors (Lipinski definition) is 4. The largest absolute Gasteiger partial charge is 0.497 e. The second-order valence-electron chi connectivity index (χ2n) is 5.77. The van der Waals surface area contributed by atoms with Crippen LogP contribution in [-0.4, -0.2) is 36.3 Å². The number of aromatic nitrogens is 2. The smallest absolute Gasteiger partial charge is 0.273 e. The van der Waals surface area contributed by atoms with E-state index in [1.165, 1.54) is 7.11 Å². The fourth-order valence-corrected chi connectivity index (χ4v) is 2.53. The van der Waals surface area contributed by atoms with Gasteiger partial charge >= 0.3 is 0 Å². The van der Waals surface area contributed by atoms with Gasteiger partial charge in [-0.25, -0.2) is 4.99 Å². The van der Waals surface area contributed by atoms with Gasteiger partial charge in [0.15, 0.2) is 5.96 Å². The van der Waals surface area contributed by atoms with Crippen LogP contribution in [0.15, 0.2) is 53.5 Å². The molecule has 0 fully saturated rings. The van der Waals surface area contributed by atoms with Crippen LogP contribution in [0.3, 0.4) is 0 Å². The summed E-state index contributed by atoms with van der Waals surface area (Å²) in [5, 5.41) is 9.71. The highest BCUT2D eigenvalue weighted by Crippen LogP contribution is 2.29. The number of halogens is 1. The van der Waals surface area contributed by atoms with Crippen molar-refractivity contribution < 1.29 is 14.3 Å². The standard InChI is InChI=1S/C19H20N6O3.ClH/c1-27-13-7-8-14(17(9-13)28-2)23-18(26)16-10-15(24-25-16)11-3-5-12(6-4-11)22-19(20)21;/h3-10H,1-2H3,(H,23,26)(H,24,25)(H4,20,21,22);1H. The van der Waals surface area contributed by atoms with E-state index in [1.54, 1.807) is 43.5 Å². The second kappa shape index (κ2) is 9.47. The molecule has 29 heavy (non-hydrogen) atoms. The molecule has 1 aromatic heterocycles.